The van der Waals surface area contributed by atoms with E-state index in [2.05, 4.69) is 32.9 Å². The highest BCUT2D eigenvalue weighted by Gasteiger charge is 2.69. The third-order valence-electron chi connectivity index (χ3n) is 20.9. The first-order chi connectivity index (χ1) is 35.6. The van der Waals surface area contributed by atoms with Crippen molar-refractivity contribution in [3.8, 4) is 0 Å². The molecule has 22 nitrogen and oxygen atoms in total. The number of hydrogen-bond acceptors (Lipinski definition) is 22. The van der Waals surface area contributed by atoms with Gasteiger partial charge >= 0.3 is 0 Å². The standard InChI is InChI=1S/C54H86O22/c1-23-33(60)36(63)39(66)45(69-23)74-42-28(20-56)72-46(40(67)38(42)65)75-43-35(62)27(19-55)71-47(41(43)68)76-44-37(64)34(61)24(2)70-48(44)73-32-12-13-50(5)29(51(32,6)21-57)11-14-53(8)30(50)10-9-25-26-17-49(3,4)31(59)18-54(26,22-58)16-15-52(25,53)7/h9-10,23-24,27-30,32-48,55-58,60-68H,11-22H2,1-8H3. The average Bonchev–Trinajstić information content (AvgIpc) is 3.58. The van der Waals surface area contributed by atoms with Crippen LogP contribution in [0, 0.1) is 44.3 Å². The molecule has 13 N–H and O–H groups in total. The summed E-state index contributed by atoms with van der Waals surface area (Å²) in [6.45, 7) is 13.9. The first-order valence-electron chi connectivity index (χ1n) is 27.4. The van der Waals surface area contributed by atoms with Crippen LogP contribution < -0.4 is 0 Å². The molecule has 434 valence electrons. The number of allylic oxidation sites excluding steroid dienone is 3. The molecule has 0 aromatic carbocycles. The summed E-state index contributed by atoms with van der Waals surface area (Å²) in [6, 6.07) is 0. The predicted molar refractivity (Wildman–Crippen MR) is 262 cm³/mol. The van der Waals surface area contributed by atoms with Gasteiger partial charge in [-0.25, -0.2) is 0 Å². The van der Waals surface area contributed by atoms with Crippen LogP contribution in [-0.2, 0) is 42.7 Å². The maximum Gasteiger partial charge on any atom is 0.187 e. The number of fused-ring (bicyclic) bond motifs is 6. The van der Waals surface area contributed by atoms with E-state index < -0.39 is 158 Å². The van der Waals surface area contributed by atoms with Gasteiger partial charge in [-0.3, -0.25) is 4.79 Å². The molecule has 9 aliphatic rings. The van der Waals surface area contributed by atoms with E-state index in [1.54, 1.807) is 6.92 Å². The fraction of sp³-hybridized carbons (Fsp3) is 0.907. The van der Waals surface area contributed by atoms with E-state index in [9.17, 15) is 71.2 Å². The molecule has 0 aromatic heterocycles. The fourth-order valence-corrected chi connectivity index (χ4v) is 15.7. The second-order valence-corrected chi connectivity index (χ2v) is 25.6. The number of rotatable bonds is 12. The lowest BCUT2D eigenvalue weighted by Gasteiger charge is -2.69. The van der Waals surface area contributed by atoms with Crippen molar-refractivity contribution in [1.82, 2.24) is 0 Å². The summed E-state index contributed by atoms with van der Waals surface area (Å²) >= 11 is 0. The molecule has 22 heteroatoms. The summed E-state index contributed by atoms with van der Waals surface area (Å²) in [7, 11) is 0. The highest BCUT2D eigenvalue weighted by atomic mass is 16.8. The van der Waals surface area contributed by atoms with E-state index in [1.165, 1.54) is 18.1 Å². The lowest BCUT2D eigenvalue weighted by molar-refractivity contribution is -0.395. The average molecular weight is 1090 g/mol. The monoisotopic (exact) mass is 1090 g/mol. The van der Waals surface area contributed by atoms with E-state index in [0.717, 1.165) is 25.7 Å². The van der Waals surface area contributed by atoms with Gasteiger partial charge in [-0.15, -0.1) is 0 Å². The molecule has 76 heavy (non-hydrogen) atoms. The normalized spacial score (nSPS) is 54.3. The van der Waals surface area contributed by atoms with Crippen molar-refractivity contribution in [2.45, 2.75) is 236 Å². The SMILES string of the molecule is CC1OC(OC2C(CO)OC(OC3C(O)C(CO)OC(OC4C(OC5CCC6(C)C(CCC7(C)C6C=CC6=C8CC(C)(C)C(=O)CC8(CO)CCC67C)C5(C)CO)OC(C)C(O)C4O)C3O)C(O)C2O)C(O)C(O)C1O. The van der Waals surface area contributed by atoms with Gasteiger partial charge in [0, 0.05) is 22.7 Å². The number of hydrogen-bond donors (Lipinski definition) is 13. The molecule has 3 saturated carbocycles. The minimum absolute atomic E-state index is 0.0707. The van der Waals surface area contributed by atoms with Crippen molar-refractivity contribution < 1.29 is 109 Å². The Hall–Kier alpha value is -1.69. The number of aliphatic hydroxyl groups is 13. The number of ketones is 1. The van der Waals surface area contributed by atoms with E-state index in [4.69, 9.17) is 37.9 Å². The molecule has 4 aliphatic heterocycles. The molecular formula is C54H86O22. The molecule has 28 atom stereocenters. The predicted octanol–water partition coefficient (Wildman–Crippen LogP) is -1.44. The Morgan fingerprint density at radius 1 is 0.553 bits per heavy atom. The van der Waals surface area contributed by atoms with Gasteiger partial charge < -0.3 is 104 Å². The van der Waals surface area contributed by atoms with Gasteiger partial charge in [0.05, 0.1) is 44.7 Å². The largest absolute Gasteiger partial charge is 0.396 e. The summed E-state index contributed by atoms with van der Waals surface area (Å²) in [6.07, 6.45) is -24.0. The minimum atomic E-state index is -2.03. The van der Waals surface area contributed by atoms with E-state index in [-0.39, 0.29) is 47.1 Å². The van der Waals surface area contributed by atoms with Crippen LogP contribution in [0.1, 0.15) is 107 Å². The third-order valence-corrected chi connectivity index (χ3v) is 20.9. The van der Waals surface area contributed by atoms with Crippen LogP contribution in [-0.4, -0.2) is 228 Å². The Morgan fingerprint density at radius 3 is 1.76 bits per heavy atom. The maximum absolute atomic E-state index is 13.4. The van der Waals surface area contributed by atoms with Crippen molar-refractivity contribution in [1.29, 1.82) is 0 Å². The molecule has 0 spiro atoms. The van der Waals surface area contributed by atoms with Crippen molar-refractivity contribution in [3.05, 3.63) is 23.3 Å². The van der Waals surface area contributed by atoms with Crippen LogP contribution in [0.25, 0.3) is 0 Å². The molecule has 0 radical (unpaired) electrons. The summed E-state index contributed by atoms with van der Waals surface area (Å²) in [5, 5.41) is 143. The first-order valence-corrected chi connectivity index (χ1v) is 27.4. The quantitative estimate of drug-likeness (QED) is 0.0996. The first kappa shape index (κ1) is 58.9. The van der Waals surface area contributed by atoms with Gasteiger partial charge in [-0.2, -0.15) is 0 Å². The highest BCUT2D eigenvalue weighted by Crippen LogP contribution is 2.74. The van der Waals surface area contributed by atoms with Crippen LogP contribution in [0.3, 0.4) is 0 Å². The van der Waals surface area contributed by atoms with Crippen molar-refractivity contribution >= 4 is 5.78 Å². The molecule has 0 aromatic rings. The van der Waals surface area contributed by atoms with Crippen molar-refractivity contribution in [2.75, 3.05) is 26.4 Å². The van der Waals surface area contributed by atoms with Gasteiger partial charge in [0.1, 0.15) is 91.2 Å². The molecular weight excluding hydrogens is 1000 g/mol. The van der Waals surface area contributed by atoms with Crippen LogP contribution in [0.15, 0.2) is 23.3 Å². The Kier molecular flexibility index (Phi) is 16.5. The lowest BCUT2D eigenvalue weighted by Crippen LogP contribution is -2.68. The van der Waals surface area contributed by atoms with E-state index in [0.29, 0.717) is 25.7 Å². The number of aliphatic hydroxyl groups excluding tert-OH is 13. The summed E-state index contributed by atoms with van der Waals surface area (Å²) in [4.78, 5) is 13.4. The van der Waals surface area contributed by atoms with Crippen molar-refractivity contribution in [2.24, 2.45) is 44.3 Å². The van der Waals surface area contributed by atoms with Gasteiger partial charge in [-0.05, 0) is 92.4 Å². The Morgan fingerprint density at radius 2 is 1.12 bits per heavy atom. The molecule has 5 aliphatic carbocycles. The molecule has 28 unspecified atom stereocenters. The zero-order chi connectivity index (χ0) is 55.6. The Labute approximate surface area is 443 Å². The van der Waals surface area contributed by atoms with Crippen LogP contribution in [0.5, 0.6) is 0 Å². The zero-order valence-electron chi connectivity index (χ0n) is 44.9. The molecule has 9 rings (SSSR count). The minimum Gasteiger partial charge on any atom is -0.396 e. The van der Waals surface area contributed by atoms with Crippen LogP contribution >= 0.6 is 0 Å². The summed E-state index contributed by atoms with van der Waals surface area (Å²) in [5.74, 6) is 0.188. The van der Waals surface area contributed by atoms with Crippen LogP contribution in [0.4, 0.5) is 0 Å². The van der Waals surface area contributed by atoms with E-state index in [1.807, 2.05) is 20.8 Å². The fourth-order valence-electron chi connectivity index (χ4n) is 15.7. The zero-order valence-corrected chi connectivity index (χ0v) is 44.9. The van der Waals surface area contributed by atoms with Crippen molar-refractivity contribution in [3.63, 3.8) is 0 Å². The number of carbonyl (C=O) groups excluding carboxylic acids is 1. The smallest absolute Gasteiger partial charge is 0.187 e. The second-order valence-electron chi connectivity index (χ2n) is 25.6. The molecule has 7 fully saturated rings. The molecule has 4 saturated heterocycles. The molecule has 0 bridgehead atoms. The van der Waals surface area contributed by atoms with Gasteiger partial charge in [0.25, 0.3) is 0 Å². The molecule has 4 heterocycles. The second kappa shape index (κ2) is 21.2. The van der Waals surface area contributed by atoms with Crippen LogP contribution in [0.2, 0.25) is 0 Å². The lowest BCUT2D eigenvalue weighted by atomic mass is 9.35. The number of carbonyl (C=O) groups is 1. The van der Waals surface area contributed by atoms with Gasteiger partial charge in [0.15, 0.2) is 25.2 Å². The topological polar surface area (TPSA) is 354 Å². The Bertz CT molecular complexity index is 2160. The number of ether oxygens (including phenoxy) is 8. The van der Waals surface area contributed by atoms with Gasteiger partial charge in [-0.1, -0.05) is 59.3 Å². The molecule has 0 amide bonds. The van der Waals surface area contributed by atoms with Gasteiger partial charge in [0.2, 0.25) is 0 Å². The van der Waals surface area contributed by atoms with E-state index >= 15 is 0 Å². The summed E-state index contributed by atoms with van der Waals surface area (Å²) in [5.41, 5.74) is -0.317. The Balaban J connectivity index is 0.930. The highest BCUT2D eigenvalue weighted by molar-refractivity contribution is 5.87. The summed E-state index contributed by atoms with van der Waals surface area (Å²) < 4.78 is 48.1. The third kappa shape index (κ3) is 9.26. The maximum atomic E-state index is 13.4. The number of Topliss-reactive ketones (excluding diaryl/α,β-unsaturated/α-hetero) is 1.